The van der Waals surface area contributed by atoms with E-state index in [1.807, 2.05) is 68.4 Å². The lowest BCUT2D eigenvalue weighted by atomic mass is 9.95. The molecule has 0 bridgehead atoms. The number of aromatic nitrogens is 1. The third-order valence-electron chi connectivity index (χ3n) is 6.43. The zero-order chi connectivity index (χ0) is 29.8. The van der Waals surface area contributed by atoms with Crippen LogP contribution in [0.4, 0.5) is 11.4 Å². The Morgan fingerprint density at radius 3 is 2.52 bits per heavy atom. The Hall–Kier alpha value is -4.83. The lowest BCUT2D eigenvalue weighted by Gasteiger charge is -2.26. The van der Waals surface area contributed by atoms with Crippen LogP contribution in [0.25, 0.3) is 6.08 Å². The Bertz CT molecular complexity index is 1870. The molecule has 0 spiro atoms. The number of para-hydroxylation sites is 1. The molecule has 9 nitrogen and oxygen atoms in total. The molecule has 0 saturated heterocycles. The molecular weight excluding hydrogens is 552 g/mol. The standard InChI is InChI=1S/C32H30N4O5S/c1-5-40-31(39)28-20(4)33-32-36(29(28)24-13-9-10-14-26(24)41-19(2)3)30(38)27(42-32)18-21-17-23(15-16-25(21)37)35-34-22-11-7-6-8-12-22/h6-19,29,37H,5H2,1-4H3/b27-18+,35-34?/t29-/m0/s1. The highest BCUT2D eigenvalue weighted by molar-refractivity contribution is 7.07. The van der Waals surface area contributed by atoms with Crippen LogP contribution in [0.3, 0.4) is 0 Å². The molecule has 0 unspecified atom stereocenters. The monoisotopic (exact) mass is 582 g/mol. The van der Waals surface area contributed by atoms with Crippen molar-refractivity contribution in [2.45, 2.75) is 39.8 Å². The number of hydrogen-bond donors (Lipinski definition) is 1. The van der Waals surface area contributed by atoms with E-state index >= 15 is 0 Å². The van der Waals surface area contributed by atoms with Crippen molar-refractivity contribution in [1.82, 2.24) is 4.57 Å². The Balaban J connectivity index is 1.66. The summed E-state index contributed by atoms with van der Waals surface area (Å²) < 4.78 is 13.3. The van der Waals surface area contributed by atoms with Crippen molar-refractivity contribution in [3.8, 4) is 11.5 Å². The normalized spacial score (nSPS) is 15.2. The van der Waals surface area contributed by atoms with Gasteiger partial charge in [-0.25, -0.2) is 9.79 Å². The van der Waals surface area contributed by atoms with Crippen LogP contribution in [0.5, 0.6) is 11.5 Å². The van der Waals surface area contributed by atoms with Gasteiger partial charge in [-0.1, -0.05) is 47.7 Å². The summed E-state index contributed by atoms with van der Waals surface area (Å²) in [6, 6.07) is 20.6. The number of aromatic hydroxyl groups is 1. The van der Waals surface area contributed by atoms with Crippen molar-refractivity contribution in [3.05, 3.63) is 115 Å². The molecule has 0 radical (unpaired) electrons. The van der Waals surface area contributed by atoms with E-state index in [4.69, 9.17) is 9.47 Å². The lowest BCUT2D eigenvalue weighted by Crippen LogP contribution is -2.40. The van der Waals surface area contributed by atoms with Crippen molar-refractivity contribution in [3.63, 3.8) is 0 Å². The van der Waals surface area contributed by atoms with Gasteiger partial charge in [-0.2, -0.15) is 10.2 Å². The molecular formula is C32H30N4O5S. The van der Waals surface area contributed by atoms with Gasteiger partial charge in [0, 0.05) is 11.1 Å². The topological polar surface area (TPSA) is 115 Å². The number of hydrogen-bond acceptors (Lipinski definition) is 9. The van der Waals surface area contributed by atoms with Gasteiger partial charge in [0.25, 0.3) is 5.56 Å². The van der Waals surface area contributed by atoms with Crippen molar-refractivity contribution in [2.24, 2.45) is 15.2 Å². The van der Waals surface area contributed by atoms with Gasteiger partial charge < -0.3 is 14.6 Å². The number of phenolic OH excluding ortho intramolecular Hbond substituents is 1. The van der Waals surface area contributed by atoms with Crippen LogP contribution in [0, 0.1) is 0 Å². The summed E-state index contributed by atoms with van der Waals surface area (Å²) in [5, 5.41) is 19.1. The molecule has 3 aromatic carbocycles. The van der Waals surface area contributed by atoms with Crippen molar-refractivity contribution < 1.29 is 19.4 Å². The number of allylic oxidation sites excluding steroid dienone is 1. The first-order valence-corrected chi connectivity index (χ1v) is 14.3. The number of phenols is 1. The Morgan fingerprint density at radius 2 is 1.79 bits per heavy atom. The molecule has 10 heteroatoms. The van der Waals surface area contributed by atoms with Crippen LogP contribution in [0.15, 0.2) is 104 Å². The molecule has 0 amide bonds. The maximum absolute atomic E-state index is 14.0. The summed E-state index contributed by atoms with van der Waals surface area (Å²) >= 11 is 1.17. The number of rotatable bonds is 8. The number of carbonyl (C=O) groups excluding carboxylic acids is 1. The fraction of sp³-hybridized carbons (Fsp3) is 0.219. The lowest BCUT2D eigenvalue weighted by molar-refractivity contribution is -0.139. The first kappa shape index (κ1) is 28.7. The number of azo groups is 1. The number of carbonyl (C=O) groups is 1. The minimum Gasteiger partial charge on any atom is -0.507 e. The third-order valence-corrected chi connectivity index (χ3v) is 7.41. The maximum atomic E-state index is 14.0. The highest BCUT2D eigenvalue weighted by Crippen LogP contribution is 2.36. The van der Waals surface area contributed by atoms with Crippen LogP contribution < -0.4 is 19.6 Å². The summed E-state index contributed by atoms with van der Waals surface area (Å²) in [6.45, 7) is 7.46. The number of benzene rings is 3. The van der Waals surface area contributed by atoms with Gasteiger partial charge in [-0.05, 0) is 70.2 Å². The summed E-state index contributed by atoms with van der Waals surface area (Å²) in [7, 11) is 0. The van der Waals surface area contributed by atoms with Gasteiger partial charge in [-0.3, -0.25) is 9.36 Å². The van der Waals surface area contributed by atoms with Crippen LogP contribution in [-0.4, -0.2) is 28.4 Å². The Morgan fingerprint density at radius 1 is 1.07 bits per heavy atom. The van der Waals surface area contributed by atoms with Crippen LogP contribution in [0.1, 0.15) is 44.9 Å². The average molecular weight is 583 g/mol. The summed E-state index contributed by atoms with van der Waals surface area (Å²) in [5.74, 6) is -0.0145. The summed E-state index contributed by atoms with van der Waals surface area (Å²) in [5.41, 5.74) is 2.59. The molecule has 1 atom stereocenters. The number of esters is 1. The van der Waals surface area contributed by atoms with E-state index in [1.54, 1.807) is 32.1 Å². The van der Waals surface area contributed by atoms with Crippen LogP contribution in [0.2, 0.25) is 0 Å². The molecule has 4 aromatic rings. The van der Waals surface area contributed by atoms with E-state index in [0.29, 0.717) is 43.3 Å². The zero-order valence-electron chi connectivity index (χ0n) is 23.6. The second-order valence-electron chi connectivity index (χ2n) is 9.79. The molecule has 0 saturated carbocycles. The van der Waals surface area contributed by atoms with Gasteiger partial charge in [-0.15, -0.1) is 0 Å². The minimum absolute atomic E-state index is 0.0184. The van der Waals surface area contributed by atoms with Crippen molar-refractivity contribution in [1.29, 1.82) is 0 Å². The van der Waals surface area contributed by atoms with E-state index < -0.39 is 12.0 Å². The van der Waals surface area contributed by atoms with Crippen molar-refractivity contribution in [2.75, 3.05) is 6.61 Å². The van der Waals surface area contributed by atoms with E-state index in [2.05, 4.69) is 15.2 Å². The summed E-state index contributed by atoms with van der Waals surface area (Å²) in [6.07, 6.45) is 1.46. The van der Waals surface area contributed by atoms with E-state index in [1.165, 1.54) is 22.0 Å². The molecule has 1 aliphatic heterocycles. The highest BCUT2D eigenvalue weighted by Gasteiger charge is 2.35. The first-order chi connectivity index (χ1) is 20.3. The number of fused-ring (bicyclic) bond motifs is 1. The fourth-order valence-electron chi connectivity index (χ4n) is 4.62. The van der Waals surface area contributed by atoms with E-state index in [9.17, 15) is 14.7 Å². The molecule has 0 aliphatic carbocycles. The second-order valence-corrected chi connectivity index (χ2v) is 10.8. The molecule has 42 heavy (non-hydrogen) atoms. The summed E-state index contributed by atoms with van der Waals surface area (Å²) in [4.78, 5) is 32.3. The second kappa shape index (κ2) is 12.4. The van der Waals surface area contributed by atoms with Crippen LogP contribution in [-0.2, 0) is 9.53 Å². The number of nitrogens with zero attached hydrogens (tertiary/aromatic N) is 4. The molecule has 1 aliphatic rings. The average Bonchev–Trinajstić information content (AvgIpc) is 3.27. The van der Waals surface area contributed by atoms with Gasteiger partial charge in [0.05, 0.1) is 39.9 Å². The molecule has 214 valence electrons. The third kappa shape index (κ3) is 5.94. The van der Waals surface area contributed by atoms with Crippen molar-refractivity contribution >= 4 is 34.8 Å². The van der Waals surface area contributed by atoms with Gasteiger partial charge in [0.1, 0.15) is 17.5 Å². The van der Waals surface area contributed by atoms with Gasteiger partial charge in [0.15, 0.2) is 4.80 Å². The van der Waals surface area contributed by atoms with Gasteiger partial charge >= 0.3 is 5.97 Å². The SMILES string of the molecule is CCOC(=O)C1=C(C)N=c2s/c(=C/c3cc(N=Nc4ccccc4)ccc3O)c(=O)n2[C@H]1c1ccccc1OC(C)C. The van der Waals surface area contributed by atoms with Gasteiger partial charge in [0.2, 0.25) is 0 Å². The molecule has 2 heterocycles. The predicted molar refractivity (Wildman–Crippen MR) is 161 cm³/mol. The number of ether oxygens (including phenoxy) is 2. The quantitative estimate of drug-likeness (QED) is 0.211. The highest BCUT2D eigenvalue weighted by atomic mass is 32.1. The first-order valence-electron chi connectivity index (χ1n) is 13.5. The Labute approximate surface area is 246 Å². The molecule has 0 fully saturated rings. The number of thiazole rings is 1. The van der Waals surface area contributed by atoms with E-state index in [0.717, 1.165) is 0 Å². The smallest absolute Gasteiger partial charge is 0.338 e. The maximum Gasteiger partial charge on any atom is 0.338 e. The molecule has 5 rings (SSSR count). The largest absolute Gasteiger partial charge is 0.507 e. The molecule has 1 N–H and O–H groups in total. The molecule has 1 aromatic heterocycles. The van der Waals surface area contributed by atoms with Crippen LogP contribution >= 0.6 is 11.3 Å². The minimum atomic E-state index is -0.822. The zero-order valence-corrected chi connectivity index (χ0v) is 24.5. The predicted octanol–water partition coefficient (Wildman–Crippen LogP) is 5.71. The Kier molecular flexibility index (Phi) is 8.44. The van der Waals surface area contributed by atoms with E-state index in [-0.39, 0.29) is 29.6 Å². The fourth-order valence-corrected chi connectivity index (χ4v) is 5.66.